The maximum Gasteiger partial charge on any atom is 0.262 e. The van der Waals surface area contributed by atoms with Gasteiger partial charge in [0, 0.05) is 40.2 Å². The van der Waals surface area contributed by atoms with Crippen LogP contribution in [0.1, 0.15) is 23.5 Å². The average Bonchev–Trinajstić information content (AvgIpc) is 3.62. The number of aromatic nitrogens is 2. The highest BCUT2D eigenvalue weighted by molar-refractivity contribution is 7.80. The van der Waals surface area contributed by atoms with Gasteiger partial charge in [0.15, 0.2) is 11.7 Å². The number of amides is 1. The van der Waals surface area contributed by atoms with Crippen LogP contribution in [0, 0.1) is 0 Å². The van der Waals surface area contributed by atoms with E-state index in [2.05, 4.69) is 31.2 Å². The second-order valence-electron chi connectivity index (χ2n) is 9.48. The number of nitrogens with zero attached hydrogens (tertiary/aromatic N) is 3. The molecule has 3 heterocycles. The van der Waals surface area contributed by atoms with Crippen molar-refractivity contribution in [1.29, 1.82) is 0 Å². The van der Waals surface area contributed by atoms with Crippen LogP contribution in [0.5, 0.6) is 5.75 Å². The van der Waals surface area contributed by atoms with Crippen molar-refractivity contribution in [3.05, 3.63) is 138 Å². The van der Waals surface area contributed by atoms with E-state index in [1.807, 2.05) is 109 Å². The molecule has 204 valence electrons. The molecule has 5 aromatic rings. The number of ether oxygens (including phenoxy) is 1. The molecule has 1 saturated heterocycles. The summed E-state index contributed by atoms with van der Waals surface area (Å²) >= 11 is 12.2. The number of carbonyl (C=O) groups is 1. The maximum atomic E-state index is 12.5. The molecule has 0 radical (unpaired) electrons. The topological polar surface area (TPSA) is 71.4 Å². The van der Waals surface area contributed by atoms with Gasteiger partial charge in [-0.25, -0.2) is 0 Å². The lowest BCUT2D eigenvalue weighted by molar-refractivity contribution is -0.118. The first kappa shape index (κ1) is 26.6. The van der Waals surface area contributed by atoms with Crippen molar-refractivity contribution in [3.8, 4) is 11.4 Å². The lowest BCUT2D eigenvalue weighted by Gasteiger charge is -2.29. The number of carbonyl (C=O) groups excluding carboxylic acids is 1. The molecule has 1 fully saturated rings. The second-order valence-corrected chi connectivity index (χ2v) is 10.3. The van der Waals surface area contributed by atoms with E-state index in [9.17, 15) is 4.79 Å². The Kier molecular flexibility index (Phi) is 7.67. The van der Waals surface area contributed by atoms with Gasteiger partial charge in [0.2, 0.25) is 0 Å². The third-order valence-corrected chi connectivity index (χ3v) is 7.36. The number of thiocarbonyl (C=S) groups is 1. The van der Waals surface area contributed by atoms with Crippen LogP contribution < -0.4 is 20.3 Å². The van der Waals surface area contributed by atoms with E-state index >= 15 is 0 Å². The van der Waals surface area contributed by atoms with Crippen molar-refractivity contribution < 1.29 is 9.53 Å². The maximum absolute atomic E-state index is 12.5. The Morgan fingerprint density at radius 3 is 2.49 bits per heavy atom. The highest BCUT2D eigenvalue weighted by atomic mass is 35.5. The molecule has 9 heteroatoms. The summed E-state index contributed by atoms with van der Waals surface area (Å²) in [5.74, 6) is 0.400. The number of hydrogen-bond donors (Lipinski definition) is 2. The summed E-state index contributed by atoms with van der Waals surface area (Å²) in [7, 11) is 0. The zero-order valence-corrected chi connectivity index (χ0v) is 23.4. The van der Waals surface area contributed by atoms with E-state index in [1.54, 1.807) is 6.20 Å². The molecule has 3 aromatic carbocycles. The summed E-state index contributed by atoms with van der Waals surface area (Å²) in [6.07, 6.45) is 3.81. The largest absolute Gasteiger partial charge is 0.484 e. The predicted octanol–water partition coefficient (Wildman–Crippen LogP) is 6.72. The van der Waals surface area contributed by atoms with Gasteiger partial charge in [-0.3, -0.25) is 9.78 Å². The molecule has 7 nitrogen and oxygen atoms in total. The normalized spacial score (nSPS) is 16.3. The van der Waals surface area contributed by atoms with Gasteiger partial charge in [0.05, 0.1) is 11.7 Å². The van der Waals surface area contributed by atoms with Gasteiger partial charge >= 0.3 is 0 Å². The van der Waals surface area contributed by atoms with Crippen LogP contribution in [0.15, 0.2) is 122 Å². The molecule has 41 heavy (non-hydrogen) atoms. The fourth-order valence-corrected chi connectivity index (χ4v) is 5.53. The minimum absolute atomic E-state index is 0.0831. The Morgan fingerprint density at radius 2 is 1.73 bits per heavy atom. The highest BCUT2D eigenvalue weighted by Gasteiger charge is 2.42. The van der Waals surface area contributed by atoms with Gasteiger partial charge in [-0.05, 0) is 91.1 Å². The zero-order chi connectivity index (χ0) is 28.2. The van der Waals surface area contributed by atoms with Gasteiger partial charge in [-0.2, -0.15) is 0 Å². The summed E-state index contributed by atoms with van der Waals surface area (Å²) in [5, 5.41) is 7.63. The molecular weight excluding hydrogens is 554 g/mol. The highest BCUT2D eigenvalue weighted by Crippen LogP contribution is 2.42. The third-order valence-electron chi connectivity index (χ3n) is 6.81. The van der Waals surface area contributed by atoms with E-state index in [0.717, 1.165) is 22.8 Å². The predicted molar refractivity (Wildman–Crippen MR) is 166 cm³/mol. The summed E-state index contributed by atoms with van der Waals surface area (Å²) in [4.78, 5) is 19.2. The number of halogens is 1. The Morgan fingerprint density at radius 1 is 0.927 bits per heavy atom. The van der Waals surface area contributed by atoms with E-state index in [1.165, 1.54) is 0 Å². The van der Waals surface area contributed by atoms with E-state index < -0.39 is 0 Å². The molecule has 1 amide bonds. The van der Waals surface area contributed by atoms with Crippen molar-refractivity contribution in [2.75, 3.05) is 16.8 Å². The summed E-state index contributed by atoms with van der Waals surface area (Å²) in [5.41, 5.74) is 4.39. The average molecular weight is 580 g/mol. The number of rotatable bonds is 8. The number of benzene rings is 3. The first-order chi connectivity index (χ1) is 20.1. The van der Waals surface area contributed by atoms with Crippen LogP contribution in [-0.2, 0) is 4.79 Å². The quantitative estimate of drug-likeness (QED) is 0.199. The number of hydrogen-bond acceptors (Lipinski definition) is 4. The van der Waals surface area contributed by atoms with E-state index in [0.29, 0.717) is 21.6 Å². The van der Waals surface area contributed by atoms with E-state index in [-0.39, 0.29) is 24.6 Å². The van der Waals surface area contributed by atoms with Crippen LogP contribution in [-0.4, -0.2) is 27.2 Å². The summed E-state index contributed by atoms with van der Waals surface area (Å²) < 4.78 is 7.68. The first-order valence-corrected chi connectivity index (χ1v) is 13.9. The Hall–Kier alpha value is -4.66. The van der Waals surface area contributed by atoms with Crippen LogP contribution in [0.25, 0.3) is 5.69 Å². The van der Waals surface area contributed by atoms with E-state index in [4.69, 9.17) is 28.6 Å². The molecule has 0 bridgehead atoms. The van der Waals surface area contributed by atoms with Gasteiger partial charge in [-0.15, -0.1) is 0 Å². The second kappa shape index (κ2) is 11.8. The Bertz CT molecular complexity index is 1660. The summed E-state index contributed by atoms with van der Waals surface area (Å²) in [6.45, 7) is -0.0831. The number of nitrogens with one attached hydrogen (secondary N) is 2. The van der Waals surface area contributed by atoms with Crippen molar-refractivity contribution in [1.82, 2.24) is 14.9 Å². The SMILES string of the molecule is O=C(COc1ccccc1)Nc1ccc(N2C(=S)NC(c3ccccn3)C2c2cccn2-c2cccc(Cl)c2)cc1. The van der Waals surface area contributed by atoms with Crippen molar-refractivity contribution in [2.45, 2.75) is 12.1 Å². The third kappa shape index (κ3) is 5.79. The van der Waals surface area contributed by atoms with Crippen molar-refractivity contribution in [2.24, 2.45) is 0 Å². The van der Waals surface area contributed by atoms with Gasteiger partial charge < -0.3 is 24.8 Å². The first-order valence-electron chi connectivity index (χ1n) is 13.1. The number of para-hydroxylation sites is 1. The molecular formula is C32H26ClN5O2S. The molecule has 0 spiro atoms. The van der Waals surface area contributed by atoms with Crippen LogP contribution in [0.3, 0.4) is 0 Å². The fourth-order valence-electron chi connectivity index (χ4n) is 5.00. The fraction of sp³-hybridized carbons (Fsp3) is 0.0938. The standard InChI is InChI=1S/C32H26ClN5O2S/c33-22-8-6-9-25(20-22)37-19-7-13-28(37)31-30(27-12-4-5-18-34-27)36-32(41)38(31)24-16-14-23(15-17-24)35-29(39)21-40-26-10-2-1-3-11-26/h1-20,30-31H,21H2,(H,35,39)(H,36,41). The molecule has 2 atom stereocenters. The lowest BCUT2D eigenvalue weighted by atomic mass is 10.0. The van der Waals surface area contributed by atoms with Crippen molar-refractivity contribution >= 4 is 46.2 Å². The molecule has 6 rings (SSSR count). The Balaban J connectivity index is 1.29. The molecule has 0 saturated carbocycles. The smallest absolute Gasteiger partial charge is 0.262 e. The minimum atomic E-state index is -0.243. The van der Waals surface area contributed by atoms with Crippen LogP contribution in [0.4, 0.5) is 11.4 Å². The molecule has 0 aliphatic carbocycles. The number of anilines is 2. The molecule has 2 unspecified atom stereocenters. The van der Waals surface area contributed by atoms with Crippen molar-refractivity contribution in [3.63, 3.8) is 0 Å². The van der Waals surface area contributed by atoms with Crippen LogP contribution >= 0.6 is 23.8 Å². The molecule has 2 N–H and O–H groups in total. The summed E-state index contributed by atoms with van der Waals surface area (Å²) in [6, 6.07) is 34.2. The van der Waals surface area contributed by atoms with Gasteiger partial charge in [0.1, 0.15) is 11.8 Å². The van der Waals surface area contributed by atoms with Gasteiger partial charge in [0.25, 0.3) is 5.91 Å². The van der Waals surface area contributed by atoms with Crippen LogP contribution in [0.2, 0.25) is 5.02 Å². The minimum Gasteiger partial charge on any atom is -0.484 e. The van der Waals surface area contributed by atoms with Gasteiger partial charge in [-0.1, -0.05) is 41.9 Å². The number of pyridine rings is 1. The Labute approximate surface area is 248 Å². The lowest BCUT2D eigenvalue weighted by Crippen LogP contribution is -2.30. The molecule has 1 aliphatic heterocycles. The molecule has 2 aromatic heterocycles. The molecule has 1 aliphatic rings. The zero-order valence-electron chi connectivity index (χ0n) is 21.9. The monoisotopic (exact) mass is 579 g/mol.